The molecule has 1 aromatic heterocycles. The molecule has 1 saturated heterocycles. The zero-order valence-electron chi connectivity index (χ0n) is 15.4. The average molecular weight is 376 g/mol. The average Bonchev–Trinajstić information content (AvgIpc) is 3.35. The van der Waals surface area contributed by atoms with Crippen LogP contribution in [0.2, 0.25) is 0 Å². The summed E-state index contributed by atoms with van der Waals surface area (Å²) in [4.78, 5) is 20.9. The van der Waals surface area contributed by atoms with Gasteiger partial charge in [-0.05, 0) is 31.2 Å². The largest absolute Gasteiger partial charge is 0.487 e. The highest BCUT2D eigenvalue weighted by atomic mass is 16.9. The molecule has 6 heteroatoms. The Hall–Kier alpha value is -3.22. The zero-order chi connectivity index (χ0) is 19.6. The molecule has 1 aliphatic rings. The van der Waals surface area contributed by atoms with Crippen LogP contribution >= 0.6 is 0 Å². The SMILES string of the molecule is CC1(C=CC(=O)O)ON1Cc1ccccc1OCc1ccc2ccccc2n1. The smallest absolute Gasteiger partial charge is 0.328 e. The van der Waals surface area contributed by atoms with Crippen molar-refractivity contribution in [2.45, 2.75) is 25.8 Å². The van der Waals surface area contributed by atoms with E-state index >= 15 is 0 Å². The normalized spacial score (nSPS) is 21.1. The first kappa shape index (κ1) is 18.2. The molecule has 142 valence electrons. The lowest BCUT2D eigenvalue weighted by molar-refractivity contribution is -0.131. The number of carboxylic acid groups (broad SMARTS) is 1. The highest BCUT2D eigenvalue weighted by Crippen LogP contribution is 2.38. The van der Waals surface area contributed by atoms with Crippen molar-refractivity contribution in [3.63, 3.8) is 0 Å². The molecule has 0 bridgehead atoms. The van der Waals surface area contributed by atoms with Crippen molar-refractivity contribution in [1.29, 1.82) is 0 Å². The molecule has 0 spiro atoms. The number of benzene rings is 2. The van der Waals surface area contributed by atoms with Crippen molar-refractivity contribution < 1.29 is 19.5 Å². The number of para-hydroxylation sites is 2. The van der Waals surface area contributed by atoms with Crippen LogP contribution in [0.15, 0.2) is 72.8 Å². The van der Waals surface area contributed by atoms with Gasteiger partial charge in [0.25, 0.3) is 0 Å². The molecule has 2 atom stereocenters. The van der Waals surface area contributed by atoms with Crippen LogP contribution in [-0.2, 0) is 22.8 Å². The van der Waals surface area contributed by atoms with Crippen molar-refractivity contribution >= 4 is 16.9 Å². The van der Waals surface area contributed by atoms with Gasteiger partial charge in [0.15, 0.2) is 5.72 Å². The summed E-state index contributed by atoms with van der Waals surface area (Å²) in [5, 5.41) is 11.6. The van der Waals surface area contributed by atoms with E-state index in [0.717, 1.165) is 34.0 Å². The van der Waals surface area contributed by atoms with Crippen LogP contribution in [-0.4, -0.2) is 26.8 Å². The molecule has 2 heterocycles. The monoisotopic (exact) mass is 376 g/mol. The second-order valence-corrected chi connectivity index (χ2v) is 6.75. The number of hydrogen-bond acceptors (Lipinski definition) is 5. The Balaban J connectivity index is 1.44. The van der Waals surface area contributed by atoms with E-state index in [2.05, 4.69) is 4.98 Å². The van der Waals surface area contributed by atoms with Gasteiger partial charge >= 0.3 is 5.97 Å². The summed E-state index contributed by atoms with van der Waals surface area (Å²) >= 11 is 0. The first-order chi connectivity index (χ1) is 13.5. The molecule has 3 aromatic rings. The first-order valence-electron chi connectivity index (χ1n) is 8.98. The Morgan fingerprint density at radius 3 is 2.82 bits per heavy atom. The second kappa shape index (κ2) is 7.42. The van der Waals surface area contributed by atoms with Gasteiger partial charge in [0, 0.05) is 17.0 Å². The van der Waals surface area contributed by atoms with Gasteiger partial charge in [0.1, 0.15) is 12.4 Å². The molecule has 1 aliphatic heterocycles. The van der Waals surface area contributed by atoms with Gasteiger partial charge in [0.2, 0.25) is 0 Å². The minimum absolute atomic E-state index is 0.360. The molecule has 0 aliphatic carbocycles. The van der Waals surface area contributed by atoms with Crippen LogP contribution in [0.25, 0.3) is 10.9 Å². The molecule has 4 rings (SSSR count). The van der Waals surface area contributed by atoms with Gasteiger partial charge in [-0.15, -0.1) is 5.06 Å². The Morgan fingerprint density at radius 1 is 1.18 bits per heavy atom. The number of nitrogens with zero attached hydrogens (tertiary/aromatic N) is 2. The first-order valence-corrected chi connectivity index (χ1v) is 8.98. The molecular weight excluding hydrogens is 356 g/mol. The van der Waals surface area contributed by atoms with Crippen molar-refractivity contribution in [3.05, 3.63) is 84.1 Å². The van der Waals surface area contributed by atoms with E-state index in [-0.39, 0.29) is 0 Å². The van der Waals surface area contributed by atoms with Crippen molar-refractivity contribution in [2.75, 3.05) is 0 Å². The topological polar surface area (TPSA) is 75.0 Å². The molecule has 0 amide bonds. The van der Waals surface area contributed by atoms with Crippen LogP contribution in [0.3, 0.4) is 0 Å². The zero-order valence-corrected chi connectivity index (χ0v) is 15.4. The molecule has 28 heavy (non-hydrogen) atoms. The quantitative estimate of drug-likeness (QED) is 0.498. The van der Waals surface area contributed by atoms with E-state index in [0.29, 0.717) is 13.2 Å². The number of fused-ring (bicyclic) bond motifs is 1. The number of aromatic nitrogens is 1. The van der Waals surface area contributed by atoms with Crippen LogP contribution < -0.4 is 4.74 Å². The molecule has 6 nitrogen and oxygen atoms in total. The summed E-state index contributed by atoms with van der Waals surface area (Å²) in [6.07, 6.45) is 2.62. The fourth-order valence-electron chi connectivity index (χ4n) is 3.00. The molecule has 2 unspecified atom stereocenters. The number of ether oxygens (including phenoxy) is 1. The van der Waals surface area contributed by atoms with Crippen LogP contribution in [0.5, 0.6) is 5.75 Å². The van der Waals surface area contributed by atoms with E-state index in [4.69, 9.17) is 14.7 Å². The fourth-order valence-corrected chi connectivity index (χ4v) is 3.00. The number of hydrogen-bond donors (Lipinski definition) is 1. The summed E-state index contributed by atoms with van der Waals surface area (Å²) in [5.41, 5.74) is 2.04. The summed E-state index contributed by atoms with van der Waals surface area (Å²) in [6, 6.07) is 19.7. The molecule has 1 N–H and O–H groups in total. The number of pyridine rings is 1. The van der Waals surface area contributed by atoms with Gasteiger partial charge < -0.3 is 9.84 Å². The Morgan fingerprint density at radius 2 is 1.96 bits per heavy atom. The van der Waals surface area contributed by atoms with Crippen LogP contribution in [0.1, 0.15) is 18.2 Å². The summed E-state index contributed by atoms with van der Waals surface area (Å²) < 4.78 is 6.01. The van der Waals surface area contributed by atoms with E-state index < -0.39 is 11.7 Å². The highest BCUT2D eigenvalue weighted by Gasteiger charge is 2.48. The lowest BCUT2D eigenvalue weighted by atomic mass is 10.2. The van der Waals surface area contributed by atoms with E-state index in [9.17, 15) is 4.79 Å². The minimum atomic E-state index is -0.997. The highest BCUT2D eigenvalue weighted by molar-refractivity contribution is 5.80. The number of hydroxylamine groups is 2. The van der Waals surface area contributed by atoms with Crippen LogP contribution in [0.4, 0.5) is 0 Å². The molecule has 0 saturated carbocycles. The van der Waals surface area contributed by atoms with Crippen molar-refractivity contribution in [2.24, 2.45) is 0 Å². The van der Waals surface area contributed by atoms with Gasteiger partial charge in [-0.25, -0.2) is 9.78 Å². The summed E-state index contributed by atoms with van der Waals surface area (Å²) in [6.45, 7) is 2.66. The maximum absolute atomic E-state index is 10.7. The van der Waals surface area contributed by atoms with Gasteiger partial charge in [-0.1, -0.05) is 42.5 Å². The van der Waals surface area contributed by atoms with Crippen LogP contribution in [0, 0.1) is 0 Å². The fraction of sp³-hybridized carbons (Fsp3) is 0.182. The van der Waals surface area contributed by atoms with E-state index in [1.165, 1.54) is 6.08 Å². The van der Waals surface area contributed by atoms with Gasteiger partial charge in [0.05, 0.1) is 17.8 Å². The maximum atomic E-state index is 10.7. The number of carboxylic acids is 1. The minimum Gasteiger partial charge on any atom is -0.487 e. The lowest BCUT2D eigenvalue weighted by Crippen LogP contribution is -2.12. The maximum Gasteiger partial charge on any atom is 0.328 e. The van der Waals surface area contributed by atoms with E-state index in [1.54, 1.807) is 5.06 Å². The predicted molar refractivity (Wildman–Crippen MR) is 104 cm³/mol. The summed E-state index contributed by atoms with van der Waals surface area (Å²) in [7, 11) is 0. The third-order valence-corrected chi connectivity index (χ3v) is 4.61. The Bertz CT molecular complexity index is 1050. The molecular formula is C22H20N2O4. The van der Waals surface area contributed by atoms with Crippen molar-refractivity contribution in [3.8, 4) is 5.75 Å². The number of carbonyl (C=O) groups is 1. The van der Waals surface area contributed by atoms with Crippen molar-refractivity contribution in [1.82, 2.24) is 10.0 Å². The van der Waals surface area contributed by atoms with Gasteiger partial charge in [-0.2, -0.15) is 0 Å². The third-order valence-electron chi connectivity index (χ3n) is 4.61. The predicted octanol–water partition coefficient (Wildman–Crippen LogP) is 3.92. The molecule has 0 radical (unpaired) electrons. The standard InChI is InChI=1S/C22H20N2O4/c1-22(13-12-21(25)26)24(28-22)14-17-7-3-5-9-20(17)27-15-18-11-10-16-6-2-4-8-19(16)23-18/h2-13H,14-15H2,1H3,(H,25,26). The van der Waals surface area contributed by atoms with E-state index in [1.807, 2.05) is 67.6 Å². The molecule has 2 aromatic carbocycles. The van der Waals surface area contributed by atoms with Gasteiger partial charge in [-0.3, -0.25) is 4.84 Å². The second-order valence-electron chi connectivity index (χ2n) is 6.75. The Labute approximate surface area is 162 Å². The summed E-state index contributed by atoms with van der Waals surface area (Å²) in [5.74, 6) is -0.249. The number of aliphatic carboxylic acids is 1. The lowest BCUT2D eigenvalue weighted by Gasteiger charge is -2.11. The number of rotatable bonds is 7. The third kappa shape index (κ3) is 4.03. The molecule has 1 fully saturated rings. The Kier molecular flexibility index (Phi) is 4.81.